The first-order valence-corrected chi connectivity index (χ1v) is 5.96. The highest BCUT2D eigenvalue weighted by atomic mass is 127. The Morgan fingerprint density at radius 3 is 2.94 bits per heavy atom. The summed E-state index contributed by atoms with van der Waals surface area (Å²) in [5.74, 6) is 0.431. The number of nitrogens with zero attached hydrogens (tertiary/aromatic N) is 1. The molecular formula is C12H9IN2O2. The second-order valence-corrected chi connectivity index (χ2v) is 4.27. The van der Waals surface area contributed by atoms with Gasteiger partial charge in [0.25, 0.3) is 0 Å². The van der Waals surface area contributed by atoms with Crippen LogP contribution in [0.2, 0.25) is 0 Å². The van der Waals surface area contributed by atoms with Crippen LogP contribution in [0.3, 0.4) is 0 Å². The first kappa shape index (κ1) is 11.8. The highest BCUT2D eigenvalue weighted by Gasteiger charge is 1.98. The Morgan fingerprint density at radius 1 is 1.41 bits per heavy atom. The van der Waals surface area contributed by atoms with Crippen LogP contribution < -0.4 is 5.32 Å². The van der Waals surface area contributed by atoms with Crippen molar-refractivity contribution >= 4 is 40.3 Å². The number of hydrogen-bond donors (Lipinski definition) is 1. The van der Waals surface area contributed by atoms with Crippen LogP contribution in [0.4, 0.5) is 5.69 Å². The van der Waals surface area contributed by atoms with E-state index < -0.39 is 0 Å². The number of rotatable bonds is 3. The maximum absolute atomic E-state index is 11.5. The van der Waals surface area contributed by atoms with E-state index in [-0.39, 0.29) is 5.91 Å². The van der Waals surface area contributed by atoms with Crippen LogP contribution in [0.25, 0.3) is 6.08 Å². The maximum atomic E-state index is 11.5. The molecule has 0 saturated carbocycles. The van der Waals surface area contributed by atoms with Crippen molar-refractivity contribution in [2.24, 2.45) is 0 Å². The summed E-state index contributed by atoms with van der Waals surface area (Å²) in [5.41, 5.74) is 0.663. The predicted molar refractivity (Wildman–Crippen MR) is 73.3 cm³/mol. The van der Waals surface area contributed by atoms with Crippen LogP contribution in [-0.2, 0) is 4.79 Å². The molecule has 0 aliphatic rings. The Bertz CT molecular complexity index is 534. The lowest BCUT2D eigenvalue weighted by Crippen LogP contribution is -2.07. The molecule has 86 valence electrons. The third-order valence-corrected chi connectivity index (χ3v) is 2.50. The summed E-state index contributed by atoms with van der Waals surface area (Å²) in [4.78, 5) is 15.4. The molecule has 1 amide bonds. The van der Waals surface area contributed by atoms with Gasteiger partial charge < -0.3 is 9.73 Å². The minimum absolute atomic E-state index is 0.218. The number of hydrogen-bond acceptors (Lipinski definition) is 3. The molecule has 0 aromatic carbocycles. The van der Waals surface area contributed by atoms with Gasteiger partial charge >= 0.3 is 0 Å². The summed E-state index contributed by atoms with van der Waals surface area (Å²) in [7, 11) is 0. The van der Waals surface area contributed by atoms with Crippen molar-refractivity contribution in [3.05, 3.63) is 52.3 Å². The van der Waals surface area contributed by atoms with Crippen LogP contribution in [-0.4, -0.2) is 10.9 Å². The summed E-state index contributed by atoms with van der Waals surface area (Å²) in [6, 6.07) is 7.16. The zero-order valence-corrected chi connectivity index (χ0v) is 10.9. The number of anilines is 1. The third-order valence-electron chi connectivity index (χ3n) is 1.92. The molecule has 0 bridgehead atoms. The monoisotopic (exact) mass is 340 g/mol. The number of carbonyl (C=O) groups excluding carboxylic acids is 1. The SMILES string of the molecule is O=C(/C=C/c1ccc(I)o1)Nc1cccnc1. The van der Waals surface area contributed by atoms with Crippen LogP contribution in [0.15, 0.2) is 47.2 Å². The molecule has 5 heteroatoms. The molecule has 0 aliphatic heterocycles. The number of carbonyl (C=O) groups is 1. The number of pyridine rings is 1. The molecule has 2 rings (SSSR count). The molecule has 4 nitrogen and oxygen atoms in total. The molecule has 17 heavy (non-hydrogen) atoms. The largest absolute Gasteiger partial charge is 0.451 e. The standard InChI is InChI=1S/C12H9IN2O2/c13-11-5-3-10(17-11)4-6-12(16)15-9-2-1-7-14-8-9/h1-8H,(H,15,16)/b6-4+. The number of halogens is 1. The van der Waals surface area contributed by atoms with E-state index in [4.69, 9.17) is 4.42 Å². The van der Waals surface area contributed by atoms with Crippen LogP contribution in [0, 0.1) is 3.77 Å². The highest BCUT2D eigenvalue weighted by molar-refractivity contribution is 14.1. The first-order chi connectivity index (χ1) is 8.24. The van der Waals surface area contributed by atoms with Gasteiger partial charge in [-0.05, 0) is 52.9 Å². The number of amides is 1. The fourth-order valence-corrected chi connectivity index (χ4v) is 1.63. The van der Waals surface area contributed by atoms with Gasteiger partial charge in [-0.1, -0.05) is 0 Å². The molecule has 0 atom stereocenters. The summed E-state index contributed by atoms with van der Waals surface area (Å²) in [6.07, 6.45) is 6.27. The van der Waals surface area contributed by atoms with Gasteiger partial charge in [0, 0.05) is 12.3 Å². The number of nitrogens with one attached hydrogen (secondary N) is 1. The average Bonchev–Trinajstić information content (AvgIpc) is 2.74. The Labute approximate surface area is 112 Å². The third kappa shape index (κ3) is 3.70. The van der Waals surface area contributed by atoms with Crippen molar-refractivity contribution < 1.29 is 9.21 Å². The molecular weight excluding hydrogens is 331 g/mol. The van der Waals surface area contributed by atoms with Crippen molar-refractivity contribution in [1.29, 1.82) is 0 Å². The minimum atomic E-state index is -0.218. The number of furan rings is 1. The highest BCUT2D eigenvalue weighted by Crippen LogP contribution is 2.11. The quantitative estimate of drug-likeness (QED) is 0.691. The second kappa shape index (κ2) is 5.62. The topological polar surface area (TPSA) is 55.1 Å². The summed E-state index contributed by atoms with van der Waals surface area (Å²) in [6.45, 7) is 0. The molecule has 2 heterocycles. The smallest absolute Gasteiger partial charge is 0.248 e. The lowest BCUT2D eigenvalue weighted by Gasteiger charge is -1.99. The Morgan fingerprint density at radius 2 is 2.29 bits per heavy atom. The van der Waals surface area contributed by atoms with E-state index in [1.165, 1.54) is 6.08 Å². The lowest BCUT2D eigenvalue weighted by molar-refractivity contribution is -0.111. The predicted octanol–water partition coefficient (Wildman–Crippen LogP) is 2.93. The molecule has 0 unspecified atom stereocenters. The molecule has 2 aromatic rings. The molecule has 0 saturated heterocycles. The molecule has 1 N–H and O–H groups in total. The van der Waals surface area contributed by atoms with Gasteiger partial charge in [-0.25, -0.2) is 0 Å². The molecule has 2 aromatic heterocycles. The Kier molecular flexibility index (Phi) is 3.92. The van der Waals surface area contributed by atoms with Crippen LogP contribution in [0.5, 0.6) is 0 Å². The van der Waals surface area contributed by atoms with Crippen molar-refractivity contribution in [3.8, 4) is 0 Å². The van der Waals surface area contributed by atoms with Crippen molar-refractivity contribution in [2.45, 2.75) is 0 Å². The van der Waals surface area contributed by atoms with Gasteiger partial charge in [0.2, 0.25) is 5.91 Å². The van der Waals surface area contributed by atoms with Gasteiger partial charge in [0.05, 0.1) is 11.9 Å². The van der Waals surface area contributed by atoms with Gasteiger partial charge in [-0.3, -0.25) is 9.78 Å². The Balaban J connectivity index is 1.96. The number of aromatic nitrogens is 1. The van der Waals surface area contributed by atoms with E-state index >= 15 is 0 Å². The van der Waals surface area contributed by atoms with Crippen molar-refractivity contribution in [3.63, 3.8) is 0 Å². The van der Waals surface area contributed by atoms with Gasteiger partial charge in [0.15, 0.2) is 3.77 Å². The lowest BCUT2D eigenvalue weighted by atomic mass is 10.3. The zero-order chi connectivity index (χ0) is 12.1. The average molecular weight is 340 g/mol. The van der Waals surface area contributed by atoms with E-state index in [2.05, 4.69) is 32.9 Å². The van der Waals surface area contributed by atoms with Crippen LogP contribution >= 0.6 is 22.6 Å². The molecule has 0 aliphatic carbocycles. The van der Waals surface area contributed by atoms with Crippen LogP contribution in [0.1, 0.15) is 5.76 Å². The summed E-state index contributed by atoms with van der Waals surface area (Å²) >= 11 is 2.07. The summed E-state index contributed by atoms with van der Waals surface area (Å²) < 4.78 is 6.08. The fourth-order valence-electron chi connectivity index (χ4n) is 1.20. The minimum Gasteiger partial charge on any atom is -0.451 e. The molecule has 0 radical (unpaired) electrons. The Hall–Kier alpha value is -1.63. The fraction of sp³-hybridized carbons (Fsp3) is 0. The van der Waals surface area contributed by atoms with Gasteiger partial charge in [0.1, 0.15) is 5.76 Å². The van der Waals surface area contributed by atoms with Gasteiger partial charge in [-0.2, -0.15) is 0 Å². The van der Waals surface area contributed by atoms with E-state index in [1.54, 1.807) is 36.7 Å². The van der Waals surface area contributed by atoms with E-state index in [0.29, 0.717) is 11.4 Å². The molecule has 0 spiro atoms. The van der Waals surface area contributed by atoms with Gasteiger partial charge in [-0.15, -0.1) is 0 Å². The van der Waals surface area contributed by atoms with E-state index in [1.807, 2.05) is 6.07 Å². The molecule has 0 fully saturated rings. The van der Waals surface area contributed by atoms with Crippen molar-refractivity contribution in [1.82, 2.24) is 4.98 Å². The maximum Gasteiger partial charge on any atom is 0.248 e. The van der Waals surface area contributed by atoms with Crippen molar-refractivity contribution in [2.75, 3.05) is 5.32 Å². The first-order valence-electron chi connectivity index (χ1n) is 4.88. The summed E-state index contributed by atoms with van der Waals surface area (Å²) in [5, 5.41) is 2.69. The second-order valence-electron chi connectivity index (χ2n) is 3.21. The zero-order valence-electron chi connectivity index (χ0n) is 8.76. The normalized spacial score (nSPS) is 10.6. The van der Waals surface area contributed by atoms with E-state index in [9.17, 15) is 4.79 Å². The van der Waals surface area contributed by atoms with E-state index in [0.717, 1.165) is 3.77 Å².